The Morgan fingerprint density at radius 1 is 1.26 bits per heavy atom. The first kappa shape index (κ1) is 25.4. The monoisotopic (exact) mass is 486 g/mol. The van der Waals surface area contributed by atoms with Crippen molar-refractivity contribution >= 4 is 11.9 Å². The van der Waals surface area contributed by atoms with Gasteiger partial charge in [-0.05, 0) is 62.3 Å². The molecular formula is C26H38N4O5. The van der Waals surface area contributed by atoms with Gasteiger partial charge in [0.05, 0.1) is 32.0 Å². The molecule has 1 aromatic heterocycles. The zero-order valence-electron chi connectivity index (χ0n) is 21.2. The number of aliphatic hydroxyl groups is 1. The lowest BCUT2D eigenvalue weighted by molar-refractivity contribution is 0.0885. The Morgan fingerprint density at radius 2 is 2.03 bits per heavy atom. The van der Waals surface area contributed by atoms with Gasteiger partial charge >= 0.3 is 6.01 Å². The summed E-state index contributed by atoms with van der Waals surface area (Å²) in [6.07, 6.45) is 3.67. The van der Waals surface area contributed by atoms with Gasteiger partial charge in [0.2, 0.25) is 0 Å². The van der Waals surface area contributed by atoms with E-state index in [1.165, 1.54) is 0 Å². The maximum atomic E-state index is 12.5. The van der Waals surface area contributed by atoms with Gasteiger partial charge in [0.1, 0.15) is 5.75 Å². The van der Waals surface area contributed by atoms with Crippen molar-refractivity contribution in [3.8, 4) is 5.75 Å². The number of nitrogens with zero attached hydrogens (tertiary/aromatic N) is 3. The van der Waals surface area contributed by atoms with Crippen LogP contribution in [0.15, 0.2) is 22.7 Å². The van der Waals surface area contributed by atoms with Crippen LogP contribution in [-0.4, -0.2) is 66.2 Å². The summed E-state index contributed by atoms with van der Waals surface area (Å²) in [6.45, 7) is 11.3. The fourth-order valence-corrected chi connectivity index (χ4v) is 4.53. The third-order valence-corrected chi connectivity index (χ3v) is 6.81. The van der Waals surface area contributed by atoms with Crippen LogP contribution in [0.4, 0.5) is 6.01 Å². The fraction of sp³-hybridized carbons (Fsp3) is 0.654. The average Bonchev–Trinajstić information content (AvgIpc) is 3.47. The van der Waals surface area contributed by atoms with Crippen molar-refractivity contribution in [2.45, 2.75) is 70.9 Å². The molecule has 2 atom stereocenters. The van der Waals surface area contributed by atoms with Crippen molar-refractivity contribution in [2.24, 2.45) is 5.92 Å². The van der Waals surface area contributed by atoms with Crippen molar-refractivity contribution in [3.05, 3.63) is 35.2 Å². The average molecular weight is 487 g/mol. The van der Waals surface area contributed by atoms with Crippen molar-refractivity contribution < 1.29 is 23.9 Å². The SMILES string of the molecule is Cc1cc(OCCCC2CCN(c3nc(C(C)(C)C)no3)CC2)ccc1C(=O)N[C@H]1COC[C@@H]1O. The molecule has 2 fully saturated rings. The Kier molecular flexibility index (Phi) is 7.96. The first-order valence-electron chi connectivity index (χ1n) is 12.6. The first-order valence-corrected chi connectivity index (χ1v) is 12.6. The van der Waals surface area contributed by atoms with Gasteiger partial charge in [0, 0.05) is 24.1 Å². The Hall–Kier alpha value is -2.65. The van der Waals surface area contributed by atoms with E-state index in [2.05, 4.69) is 41.1 Å². The number of nitrogens with one attached hydrogen (secondary N) is 1. The molecule has 2 saturated heterocycles. The lowest BCUT2D eigenvalue weighted by Gasteiger charge is -2.30. The number of aryl methyl sites for hydroxylation is 1. The van der Waals surface area contributed by atoms with Gasteiger partial charge in [0.15, 0.2) is 5.82 Å². The zero-order valence-corrected chi connectivity index (χ0v) is 21.2. The molecule has 0 bridgehead atoms. The highest BCUT2D eigenvalue weighted by molar-refractivity contribution is 5.96. The lowest BCUT2D eigenvalue weighted by Crippen LogP contribution is -2.42. The van der Waals surface area contributed by atoms with E-state index >= 15 is 0 Å². The van der Waals surface area contributed by atoms with Crippen molar-refractivity contribution in [2.75, 3.05) is 37.8 Å². The third kappa shape index (κ3) is 6.52. The highest BCUT2D eigenvalue weighted by Crippen LogP contribution is 2.27. The summed E-state index contributed by atoms with van der Waals surface area (Å²) in [4.78, 5) is 19.3. The molecule has 1 amide bonds. The molecule has 0 spiro atoms. The Morgan fingerprint density at radius 3 is 2.66 bits per heavy atom. The molecule has 192 valence electrons. The molecule has 3 heterocycles. The number of benzene rings is 1. The van der Waals surface area contributed by atoms with Crippen molar-refractivity contribution in [1.29, 1.82) is 0 Å². The second-order valence-electron chi connectivity index (χ2n) is 10.7. The molecule has 2 aliphatic heterocycles. The summed E-state index contributed by atoms with van der Waals surface area (Å²) in [5.74, 6) is 1.98. The largest absolute Gasteiger partial charge is 0.494 e. The molecule has 0 aliphatic carbocycles. The van der Waals surface area contributed by atoms with E-state index in [0.29, 0.717) is 30.7 Å². The van der Waals surface area contributed by atoms with Gasteiger partial charge < -0.3 is 29.3 Å². The first-order chi connectivity index (χ1) is 16.7. The van der Waals surface area contributed by atoms with Crippen LogP contribution in [0.3, 0.4) is 0 Å². The third-order valence-electron chi connectivity index (χ3n) is 6.81. The highest BCUT2D eigenvalue weighted by atomic mass is 16.5. The maximum absolute atomic E-state index is 12.5. The van der Waals surface area contributed by atoms with Crippen LogP contribution in [0, 0.1) is 12.8 Å². The summed E-state index contributed by atoms with van der Waals surface area (Å²) in [5, 5.41) is 16.8. The molecule has 0 saturated carbocycles. The quantitative estimate of drug-likeness (QED) is 0.547. The van der Waals surface area contributed by atoms with E-state index in [-0.39, 0.29) is 24.0 Å². The minimum absolute atomic E-state index is 0.111. The number of hydrogen-bond acceptors (Lipinski definition) is 8. The second-order valence-corrected chi connectivity index (χ2v) is 10.7. The lowest BCUT2D eigenvalue weighted by atomic mass is 9.92. The number of ether oxygens (including phenoxy) is 2. The normalized spacial score (nSPS) is 21.3. The van der Waals surface area contributed by atoms with Crippen LogP contribution in [0.2, 0.25) is 0 Å². The molecular weight excluding hydrogens is 448 g/mol. The van der Waals surface area contributed by atoms with Crippen LogP contribution in [-0.2, 0) is 10.2 Å². The standard InChI is InChI=1S/C26H38N4O5/c1-17-14-19(7-8-20(17)23(32)27-21-15-33-16-22(21)31)34-13-5-6-18-9-11-30(12-10-18)25-28-24(29-35-25)26(2,3)4/h7-8,14,18,21-22,31H,5-6,9-13,15-16H2,1-4H3,(H,27,32)/t21-,22-/m0/s1. The van der Waals surface area contributed by atoms with E-state index in [9.17, 15) is 9.90 Å². The van der Waals surface area contributed by atoms with Crippen molar-refractivity contribution in [3.63, 3.8) is 0 Å². The molecule has 0 radical (unpaired) electrons. The minimum Gasteiger partial charge on any atom is -0.494 e. The van der Waals surface area contributed by atoms with Crippen LogP contribution >= 0.6 is 0 Å². The predicted molar refractivity (Wildman–Crippen MR) is 132 cm³/mol. The molecule has 0 unspecified atom stereocenters. The molecule has 9 nitrogen and oxygen atoms in total. The Bertz CT molecular complexity index is 994. The van der Waals surface area contributed by atoms with Gasteiger partial charge in [-0.3, -0.25) is 4.79 Å². The van der Waals surface area contributed by atoms with Gasteiger partial charge in [-0.1, -0.05) is 25.9 Å². The maximum Gasteiger partial charge on any atom is 0.324 e. The van der Waals surface area contributed by atoms with E-state index in [1.807, 2.05) is 19.1 Å². The second kappa shape index (κ2) is 11.0. The number of carbonyl (C=O) groups is 1. The van der Waals surface area contributed by atoms with E-state index in [1.54, 1.807) is 6.07 Å². The number of anilines is 1. The van der Waals surface area contributed by atoms with Crippen LogP contribution in [0.25, 0.3) is 0 Å². The van der Waals surface area contributed by atoms with Gasteiger partial charge in [-0.25, -0.2) is 0 Å². The summed E-state index contributed by atoms with van der Waals surface area (Å²) in [7, 11) is 0. The van der Waals surface area contributed by atoms with Gasteiger partial charge in [-0.15, -0.1) is 0 Å². The van der Waals surface area contributed by atoms with E-state index in [4.69, 9.17) is 14.0 Å². The summed E-state index contributed by atoms with van der Waals surface area (Å²) >= 11 is 0. The molecule has 2 aromatic rings. The summed E-state index contributed by atoms with van der Waals surface area (Å²) in [5.41, 5.74) is 1.32. The topological polar surface area (TPSA) is 110 Å². The smallest absolute Gasteiger partial charge is 0.324 e. The number of aromatic nitrogens is 2. The van der Waals surface area contributed by atoms with E-state index in [0.717, 1.165) is 55.9 Å². The van der Waals surface area contributed by atoms with Crippen LogP contribution in [0.5, 0.6) is 5.75 Å². The number of amides is 1. The van der Waals surface area contributed by atoms with Gasteiger partial charge in [-0.2, -0.15) is 4.98 Å². The predicted octanol–water partition coefficient (Wildman–Crippen LogP) is 3.24. The molecule has 9 heteroatoms. The van der Waals surface area contributed by atoms with Crippen LogP contribution < -0.4 is 15.0 Å². The number of carbonyl (C=O) groups excluding carboxylic acids is 1. The highest BCUT2D eigenvalue weighted by Gasteiger charge is 2.28. The molecule has 1 aromatic carbocycles. The van der Waals surface area contributed by atoms with Gasteiger partial charge in [0.25, 0.3) is 5.91 Å². The number of hydrogen-bond donors (Lipinski definition) is 2. The zero-order chi connectivity index (χ0) is 25.0. The number of aliphatic hydroxyl groups excluding tert-OH is 1. The minimum atomic E-state index is -0.658. The molecule has 35 heavy (non-hydrogen) atoms. The van der Waals surface area contributed by atoms with E-state index < -0.39 is 6.10 Å². The molecule has 2 aliphatic rings. The number of piperidine rings is 1. The van der Waals surface area contributed by atoms with Crippen LogP contribution in [0.1, 0.15) is 68.2 Å². The Labute approximate surface area is 207 Å². The fourth-order valence-electron chi connectivity index (χ4n) is 4.53. The molecule has 2 N–H and O–H groups in total. The summed E-state index contributed by atoms with van der Waals surface area (Å²) < 4.78 is 16.6. The molecule has 4 rings (SSSR count). The summed E-state index contributed by atoms with van der Waals surface area (Å²) in [6, 6.07) is 5.78. The Balaban J connectivity index is 1.17. The number of rotatable bonds is 8. The van der Waals surface area contributed by atoms with Crippen molar-refractivity contribution in [1.82, 2.24) is 15.5 Å².